The van der Waals surface area contributed by atoms with Gasteiger partial charge in [-0.1, -0.05) is 23.8 Å². The van der Waals surface area contributed by atoms with Crippen LogP contribution in [0.15, 0.2) is 47.4 Å². The Balaban J connectivity index is 1.47. The molecule has 4 rings (SSSR count). The zero-order valence-corrected chi connectivity index (χ0v) is 23.7. The summed E-state index contributed by atoms with van der Waals surface area (Å²) < 4.78 is 56.4. The highest BCUT2D eigenvalue weighted by Crippen LogP contribution is 2.22. The van der Waals surface area contributed by atoms with Gasteiger partial charge in [0.05, 0.1) is 23.5 Å². The number of hydrogen-bond donors (Lipinski definition) is 4. The topological polar surface area (TPSA) is 120 Å². The maximum atomic E-state index is 14.3. The quantitative estimate of drug-likeness (QED) is 0.364. The lowest BCUT2D eigenvalue weighted by molar-refractivity contribution is -0.137. The number of nitrogens with one attached hydrogen (secondary N) is 4. The van der Waals surface area contributed by atoms with E-state index in [-0.39, 0.29) is 23.3 Å². The Kier molecular flexibility index (Phi) is 9.55. The van der Waals surface area contributed by atoms with Crippen LogP contribution < -0.4 is 20.7 Å². The SMILES string of the molecule is Cc1ccc(S(=O)(=O)N[C@@H](CC(=O)N2CCCC[C@@H]2C)C(=O)N[C@@H](C)C2NCC(c3ccc(F)cc3F)N2)cc1. The normalized spacial score (nSPS) is 23.0. The van der Waals surface area contributed by atoms with Crippen molar-refractivity contribution in [2.45, 2.75) is 81.7 Å². The van der Waals surface area contributed by atoms with E-state index < -0.39 is 51.9 Å². The number of halogens is 2. The predicted octanol–water partition coefficient (Wildman–Crippen LogP) is 2.48. The molecular formula is C28H37F2N5O4S. The minimum atomic E-state index is -4.10. The molecule has 2 fully saturated rings. The predicted molar refractivity (Wildman–Crippen MR) is 147 cm³/mol. The largest absolute Gasteiger partial charge is 0.349 e. The van der Waals surface area contributed by atoms with Gasteiger partial charge in [0.2, 0.25) is 21.8 Å². The van der Waals surface area contributed by atoms with Crippen LogP contribution in [-0.2, 0) is 19.6 Å². The third-order valence-corrected chi connectivity index (χ3v) is 9.07. The summed E-state index contributed by atoms with van der Waals surface area (Å²) >= 11 is 0. The fourth-order valence-corrected chi connectivity index (χ4v) is 6.41. The maximum Gasteiger partial charge on any atom is 0.241 e. The number of hydrogen-bond acceptors (Lipinski definition) is 6. The van der Waals surface area contributed by atoms with Crippen molar-refractivity contribution in [2.24, 2.45) is 0 Å². The van der Waals surface area contributed by atoms with E-state index in [1.54, 1.807) is 24.0 Å². The Hall–Kier alpha value is -2.93. The minimum Gasteiger partial charge on any atom is -0.349 e. The third kappa shape index (κ3) is 7.22. The second-order valence-electron chi connectivity index (χ2n) is 10.7. The molecule has 12 heteroatoms. The highest BCUT2D eigenvalue weighted by atomic mass is 32.2. The van der Waals surface area contributed by atoms with Crippen LogP contribution in [0.25, 0.3) is 0 Å². The molecule has 40 heavy (non-hydrogen) atoms. The Labute approximate surface area is 234 Å². The number of rotatable bonds is 9. The van der Waals surface area contributed by atoms with Gasteiger partial charge >= 0.3 is 0 Å². The smallest absolute Gasteiger partial charge is 0.241 e. The molecule has 0 bridgehead atoms. The number of likely N-dealkylation sites (tertiary alicyclic amines) is 1. The van der Waals surface area contributed by atoms with Crippen molar-refractivity contribution in [1.82, 2.24) is 25.6 Å². The molecule has 0 saturated carbocycles. The van der Waals surface area contributed by atoms with Gasteiger partial charge in [-0.3, -0.25) is 20.2 Å². The van der Waals surface area contributed by atoms with E-state index in [0.717, 1.165) is 30.9 Å². The lowest BCUT2D eigenvalue weighted by Crippen LogP contribution is -2.57. The highest BCUT2D eigenvalue weighted by Gasteiger charge is 2.35. The van der Waals surface area contributed by atoms with Crippen LogP contribution in [0.1, 0.15) is 56.7 Å². The molecule has 2 aromatic rings. The van der Waals surface area contributed by atoms with E-state index in [9.17, 15) is 26.8 Å². The van der Waals surface area contributed by atoms with Crippen LogP contribution in [0.4, 0.5) is 8.78 Å². The van der Waals surface area contributed by atoms with E-state index in [2.05, 4.69) is 20.7 Å². The monoisotopic (exact) mass is 577 g/mol. The van der Waals surface area contributed by atoms with Gasteiger partial charge in [-0.15, -0.1) is 0 Å². The molecule has 0 aromatic heterocycles. The van der Waals surface area contributed by atoms with Gasteiger partial charge in [-0.25, -0.2) is 17.2 Å². The van der Waals surface area contributed by atoms with Crippen LogP contribution in [-0.4, -0.2) is 62.5 Å². The molecule has 9 nitrogen and oxygen atoms in total. The van der Waals surface area contributed by atoms with Crippen molar-refractivity contribution in [1.29, 1.82) is 0 Å². The third-order valence-electron chi connectivity index (χ3n) is 7.58. The lowest BCUT2D eigenvalue weighted by Gasteiger charge is -2.34. The van der Waals surface area contributed by atoms with Gasteiger partial charge in [0.15, 0.2) is 0 Å². The van der Waals surface area contributed by atoms with E-state index in [1.165, 1.54) is 24.3 Å². The van der Waals surface area contributed by atoms with Crippen LogP contribution >= 0.6 is 0 Å². The van der Waals surface area contributed by atoms with Crippen molar-refractivity contribution in [3.8, 4) is 0 Å². The van der Waals surface area contributed by atoms with Crippen LogP contribution in [0.3, 0.4) is 0 Å². The van der Waals surface area contributed by atoms with Gasteiger partial charge in [-0.2, -0.15) is 4.72 Å². The average Bonchev–Trinajstić information content (AvgIpc) is 3.39. The molecule has 2 unspecified atom stereocenters. The van der Waals surface area contributed by atoms with E-state index in [0.29, 0.717) is 18.7 Å². The van der Waals surface area contributed by atoms with Crippen molar-refractivity contribution in [3.63, 3.8) is 0 Å². The minimum absolute atomic E-state index is 0.00766. The second-order valence-corrected chi connectivity index (χ2v) is 12.4. The molecule has 4 N–H and O–H groups in total. The molecule has 5 atom stereocenters. The van der Waals surface area contributed by atoms with Crippen molar-refractivity contribution < 1.29 is 26.8 Å². The summed E-state index contributed by atoms with van der Waals surface area (Å²) in [5.74, 6) is -2.29. The Morgan fingerprint density at radius 2 is 1.85 bits per heavy atom. The highest BCUT2D eigenvalue weighted by molar-refractivity contribution is 7.89. The molecule has 2 amide bonds. The standard InChI is InChI=1S/C28H37F2N5O4S/c1-17-7-10-21(11-8-17)40(38,39)34-24(15-26(36)35-13-5-4-6-18(35)2)28(37)32-19(3)27-31-16-25(33-27)22-12-9-20(29)14-23(22)30/h7-12,14,18-19,24-25,27,31,33-34H,4-6,13,15-16H2,1-3H3,(H,32,37)/t18-,19-,24-,25?,27?/m0/s1. The first-order valence-corrected chi connectivity index (χ1v) is 15.1. The van der Waals surface area contributed by atoms with Crippen molar-refractivity contribution in [3.05, 3.63) is 65.2 Å². The summed E-state index contributed by atoms with van der Waals surface area (Å²) in [7, 11) is -4.10. The first-order valence-electron chi connectivity index (χ1n) is 13.6. The molecule has 218 valence electrons. The molecule has 0 radical (unpaired) electrons. The van der Waals surface area contributed by atoms with Crippen LogP contribution in [0.5, 0.6) is 0 Å². The van der Waals surface area contributed by atoms with Gasteiger partial charge in [-0.05, 0) is 58.2 Å². The van der Waals surface area contributed by atoms with Crippen LogP contribution in [0.2, 0.25) is 0 Å². The number of amides is 2. The summed E-state index contributed by atoms with van der Waals surface area (Å²) in [5.41, 5.74) is 1.17. The fraction of sp³-hybridized carbons (Fsp3) is 0.500. The van der Waals surface area contributed by atoms with Gasteiger partial charge in [0.25, 0.3) is 0 Å². The Bertz CT molecular complexity index is 1320. The molecule has 2 aliphatic heterocycles. The van der Waals surface area contributed by atoms with Gasteiger partial charge in [0, 0.05) is 36.8 Å². The number of nitrogens with zero attached hydrogens (tertiary/aromatic N) is 1. The van der Waals surface area contributed by atoms with Crippen molar-refractivity contribution >= 4 is 21.8 Å². The Morgan fingerprint density at radius 3 is 2.52 bits per heavy atom. The first kappa shape index (κ1) is 30.0. The number of piperidine rings is 1. The summed E-state index contributed by atoms with van der Waals surface area (Å²) in [6, 6.07) is 7.24. The number of sulfonamides is 1. The average molecular weight is 578 g/mol. The maximum absolute atomic E-state index is 14.3. The summed E-state index contributed by atoms with van der Waals surface area (Å²) in [6.07, 6.45) is 1.90. The fourth-order valence-electron chi connectivity index (χ4n) is 5.21. The van der Waals surface area contributed by atoms with E-state index >= 15 is 0 Å². The molecule has 2 heterocycles. The number of carbonyl (C=O) groups excluding carboxylic acids is 2. The first-order chi connectivity index (χ1) is 18.9. The van der Waals surface area contributed by atoms with Gasteiger partial charge in [0.1, 0.15) is 17.7 Å². The molecule has 2 aromatic carbocycles. The van der Waals surface area contributed by atoms with Crippen LogP contribution in [0, 0.1) is 18.6 Å². The molecular weight excluding hydrogens is 540 g/mol. The Morgan fingerprint density at radius 1 is 1.12 bits per heavy atom. The lowest BCUT2D eigenvalue weighted by atomic mass is 10.0. The zero-order chi connectivity index (χ0) is 29.0. The van der Waals surface area contributed by atoms with Gasteiger partial charge < -0.3 is 10.2 Å². The molecule has 2 saturated heterocycles. The van der Waals surface area contributed by atoms with E-state index in [4.69, 9.17) is 0 Å². The molecule has 0 aliphatic carbocycles. The molecule has 0 spiro atoms. The second kappa shape index (κ2) is 12.7. The number of aryl methyl sites for hydroxylation is 1. The zero-order valence-electron chi connectivity index (χ0n) is 22.9. The number of benzene rings is 2. The summed E-state index contributed by atoms with van der Waals surface area (Å²) in [5, 5.41) is 9.16. The summed E-state index contributed by atoms with van der Waals surface area (Å²) in [4.78, 5) is 28.4. The summed E-state index contributed by atoms with van der Waals surface area (Å²) in [6.45, 7) is 6.39. The number of carbonyl (C=O) groups is 2. The van der Waals surface area contributed by atoms with Crippen molar-refractivity contribution in [2.75, 3.05) is 13.1 Å². The van der Waals surface area contributed by atoms with E-state index in [1.807, 2.05) is 13.8 Å². The molecule has 2 aliphatic rings.